The van der Waals surface area contributed by atoms with Gasteiger partial charge in [-0.1, -0.05) is 0 Å². The van der Waals surface area contributed by atoms with E-state index in [0.29, 0.717) is 5.13 Å². The second kappa shape index (κ2) is 4.07. The van der Waals surface area contributed by atoms with E-state index in [1.54, 1.807) is 6.92 Å². The second-order valence-electron chi connectivity index (χ2n) is 2.77. The molecule has 5 heteroatoms. The highest BCUT2D eigenvalue weighted by Crippen LogP contribution is 2.21. The number of halogens is 1. The van der Waals surface area contributed by atoms with Crippen molar-refractivity contribution in [2.75, 3.05) is 5.32 Å². The molecule has 0 unspecified atom stereocenters. The first kappa shape index (κ1) is 10.5. The number of thiazole rings is 1. The third-order valence-electron chi connectivity index (χ3n) is 1.62. The van der Waals surface area contributed by atoms with Gasteiger partial charge in [0, 0.05) is 4.88 Å². The van der Waals surface area contributed by atoms with Crippen molar-refractivity contribution in [2.24, 2.45) is 0 Å². The SMILES string of the molecule is Cc1nc(NC(=O)[C@@H](C)Cl)sc1C. The Morgan fingerprint density at radius 3 is 2.62 bits per heavy atom. The van der Waals surface area contributed by atoms with Gasteiger partial charge in [0.25, 0.3) is 0 Å². The number of carbonyl (C=O) groups is 1. The first-order valence-corrected chi connectivity index (χ1v) is 5.15. The molecule has 1 heterocycles. The summed E-state index contributed by atoms with van der Waals surface area (Å²) in [7, 11) is 0. The summed E-state index contributed by atoms with van der Waals surface area (Å²) in [5.74, 6) is -0.213. The van der Waals surface area contributed by atoms with Crippen LogP contribution in [0, 0.1) is 13.8 Å². The molecule has 1 aromatic rings. The molecule has 72 valence electrons. The van der Waals surface area contributed by atoms with Crippen LogP contribution in [-0.2, 0) is 4.79 Å². The zero-order valence-electron chi connectivity index (χ0n) is 7.72. The average Bonchev–Trinajstić information content (AvgIpc) is 2.31. The van der Waals surface area contributed by atoms with Crippen molar-refractivity contribution in [1.82, 2.24) is 4.98 Å². The number of nitrogens with one attached hydrogen (secondary N) is 1. The van der Waals surface area contributed by atoms with Gasteiger partial charge in [0.05, 0.1) is 5.69 Å². The maximum absolute atomic E-state index is 11.2. The smallest absolute Gasteiger partial charge is 0.243 e. The van der Waals surface area contributed by atoms with Gasteiger partial charge in [-0.2, -0.15) is 0 Å². The molecule has 0 aromatic carbocycles. The highest BCUT2D eigenvalue weighted by Gasteiger charge is 2.11. The van der Waals surface area contributed by atoms with E-state index in [-0.39, 0.29) is 5.91 Å². The molecule has 0 spiro atoms. The number of alkyl halides is 1. The standard InChI is InChI=1S/C8H11ClN2OS/c1-4(9)7(12)11-8-10-5(2)6(3)13-8/h4H,1-3H3,(H,10,11,12)/t4-/m1/s1. The Bertz CT molecular complexity index is 302. The van der Waals surface area contributed by atoms with E-state index >= 15 is 0 Å². The Kier molecular flexibility index (Phi) is 3.27. The Labute approximate surface area is 86.1 Å². The molecule has 0 fully saturated rings. The summed E-state index contributed by atoms with van der Waals surface area (Å²) < 4.78 is 0. The number of hydrogen-bond donors (Lipinski definition) is 1. The van der Waals surface area contributed by atoms with Crippen LogP contribution in [0.1, 0.15) is 17.5 Å². The number of aromatic nitrogens is 1. The van der Waals surface area contributed by atoms with Crippen molar-refractivity contribution in [1.29, 1.82) is 0 Å². The van der Waals surface area contributed by atoms with E-state index in [0.717, 1.165) is 10.6 Å². The monoisotopic (exact) mass is 218 g/mol. The van der Waals surface area contributed by atoms with Crippen LogP contribution in [0.2, 0.25) is 0 Å². The third-order valence-corrected chi connectivity index (χ3v) is 2.81. The first-order chi connectivity index (χ1) is 6.00. The van der Waals surface area contributed by atoms with Crippen molar-refractivity contribution >= 4 is 34.0 Å². The molecule has 0 radical (unpaired) electrons. The summed E-state index contributed by atoms with van der Waals surface area (Å²) >= 11 is 7.05. The minimum atomic E-state index is -0.524. The maximum atomic E-state index is 11.2. The largest absolute Gasteiger partial charge is 0.301 e. The summed E-state index contributed by atoms with van der Waals surface area (Å²) in [6.45, 7) is 5.50. The van der Waals surface area contributed by atoms with Crippen LogP contribution >= 0.6 is 22.9 Å². The van der Waals surface area contributed by atoms with Crippen LogP contribution < -0.4 is 5.32 Å². The van der Waals surface area contributed by atoms with Gasteiger partial charge in [0.15, 0.2) is 5.13 Å². The van der Waals surface area contributed by atoms with Crippen LogP contribution in [-0.4, -0.2) is 16.3 Å². The number of rotatable bonds is 2. The van der Waals surface area contributed by atoms with Gasteiger partial charge in [-0.25, -0.2) is 4.98 Å². The first-order valence-electron chi connectivity index (χ1n) is 3.89. The fourth-order valence-corrected chi connectivity index (χ4v) is 1.60. The lowest BCUT2D eigenvalue weighted by Crippen LogP contribution is -2.20. The molecule has 1 rings (SSSR count). The van der Waals surface area contributed by atoms with E-state index in [1.165, 1.54) is 11.3 Å². The topological polar surface area (TPSA) is 42.0 Å². The summed E-state index contributed by atoms with van der Waals surface area (Å²) in [6.07, 6.45) is 0. The number of carbonyl (C=O) groups excluding carboxylic acids is 1. The molecule has 0 bridgehead atoms. The maximum Gasteiger partial charge on any atom is 0.243 e. The Morgan fingerprint density at radius 1 is 1.62 bits per heavy atom. The van der Waals surface area contributed by atoms with Gasteiger partial charge in [0.1, 0.15) is 5.38 Å². The van der Waals surface area contributed by atoms with Gasteiger partial charge in [0.2, 0.25) is 5.91 Å². The molecule has 1 aromatic heterocycles. The van der Waals surface area contributed by atoms with Crippen molar-refractivity contribution in [3.8, 4) is 0 Å². The second-order valence-corrected chi connectivity index (χ2v) is 4.62. The molecule has 0 saturated heterocycles. The molecule has 0 aliphatic heterocycles. The van der Waals surface area contributed by atoms with Gasteiger partial charge in [-0.3, -0.25) is 4.79 Å². The normalized spacial score (nSPS) is 12.6. The molecule has 3 nitrogen and oxygen atoms in total. The zero-order valence-corrected chi connectivity index (χ0v) is 9.29. The summed E-state index contributed by atoms with van der Waals surface area (Å²) in [5, 5.41) is 2.73. The number of amides is 1. The lowest BCUT2D eigenvalue weighted by Gasteiger charge is -2.01. The van der Waals surface area contributed by atoms with E-state index in [4.69, 9.17) is 11.6 Å². The number of nitrogens with zero attached hydrogens (tertiary/aromatic N) is 1. The minimum Gasteiger partial charge on any atom is -0.301 e. The summed E-state index contributed by atoms with van der Waals surface area (Å²) in [5.41, 5.74) is 0.947. The fraction of sp³-hybridized carbons (Fsp3) is 0.500. The summed E-state index contributed by atoms with van der Waals surface area (Å²) in [6, 6.07) is 0. The van der Waals surface area contributed by atoms with Crippen LogP contribution in [0.15, 0.2) is 0 Å². The van der Waals surface area contributed by atoms with Gasteiger partial charge in [-0.05, 0) is 20.8 Å². The quantitative estimate of drug-likeness (QED) is 0.775. The highest BCUT2D eigenvalue weighted by molar-refractivity contribution is 7.15. The number of anilines is 1. The van der Waals surface area contributed by atoms with E-state index in [1.807, 2.05) is 13.8 Å². The van der Waals surface area contributed by atoms with Gasteiger partial charge >= 0.3 is 0 Å². The molecule has 1 N–H and O–H groups in total. The van der Waals surface area contributed by atoms with Crippen LogP contribution in [0.5, 0.6) is 0 Å². The lowest BCUT2D eigenvalue weighted by molar-refractivity contribution is -0.115. The molecule has 13 heavy (non-hydrogen) atoms. The van der Waals surface area contributed by atoms with Crippen molar-refractivity contribution < 1.29 is 4.79 Å². The van der Waals surface area contributed by atoms with Crippen molar-refractivity contribution in [2.45, 2.75) is 26.1 Å². The average molecular weight is 219 g/mol. The predicted octanol–water partition coefficient (Wildman–Crippen LogP) is 2.33. The van der Waals surface area contributed by atoms with Crippen LogP contribution in [0.4, 0.5) is 5.13 Å². The van der Waals surface area contributed by atoms with E-state index < -0.39 is 5.38 Å². The fourth-order valence-electron chi connectivity index (χ4n) is 0.731. The minimum absolute atomic E-state index is 0.213. The third kappa shape index (κ3) is 2.67. The molecule has 0 aliphatic carbocycles. The predicted molar refractivity (Wildman–Crippen MR) is 55.5 cm³/mol. The molecule has 0 aliphatic rings. The van der Waals surface area contributed by atoms with Crippen LogP contribution in [0.3, 0.4) is 0 Å². The highest BCUT2D eigenvalue weighted by atomic mass is 35.5. The Morgan fingerprint density at radius 2 is 2.23 bits per heavy atom. The Balaban J connectivity index is 2.70. The number of aryl methyl sites for hydroxylation is 2. The molecular weight excluding hydrogens is 208 g/mol. The molecule has 1 amide bonds. The lowest BCUT2D eigenvalue weighted by atomic mass is 10.4. The molecule has 1 atom stereocenters. The van der Waals surface area contributed by atoms with E-state index in [9.17, 15) is 4.79 Å². The zero-order chi connectivity index (χ0) is 10.0. The molecular formula is C8H11ClN2OS. The van der Waals surface area contributed by atoms with Crippen molar-refractivity contribution in [3.05, 3.63) is 10.6 Å². The summed E-state index contributed by atoms with van der Waals surface area (Å²) in [4.78, 5) is 16.4. The molecule has 0 saturated carbocycles. The Hall–Kier alpha value is -0.610. The van der Waals surface area contributed by atoms with E-state index in [2.05, 4.69) is 10.3 Å². The van der Waals surface area contributed by atoms with Crippen molar-refractivity contribution in [3.63, 3.8) is 0 Å². The van der Waals surface area contributed by atoms with Gasteiger partial charge in [-0.15, -0.1) is 22.9 Å². The van der Waals surface area contributed by atoms with Gasteiger partial charge < -0.3 is 5.32 Å². The van der Waals surface area contributed by atoms with Crippen LogP contribution in [0.25, 0.3) is 0 Å². The number of hydrogen-bond acceptors (Lipinski definition) is 3.